The highest BCUT2D eigenvalue weighted by atomic mass is 19.1. The van der Waals surface area contributed by atoms with Crippen molar-refractivity contribution in [1.82, 2.24) is 14.7 Å². The van der Waals surface area contributed by atoms with Crippen LogP contribution in [0.25, 0.3) is 16.9 Å². The molecule has 0 aliphatic rings. The second-order valence-electron chi connectivity index (χ2n) is 8.44. The van der Waals surface area contributed by atoms with Gasteiger partial charge in [-0.1, -0.05) is 49.4 Å². The zero-order chi connectivity index (χ0) is 25.5. The lowest BCUT2D eigenvalue weighted by molar-refractivity contribution is -0.116. The van der Waals surface area contributed by atoms with Crippen LogP contribution in [0.3, 0.4) is 0 Å². The van der Waals surface area contributed by atoms with Gasteiger partial charge in [0.15, 0.2) is 0 Å². The lowest BCUT2D eigenvalue weighted by Gasteiger charge is -2.22. The van der Waals surface area contributed by atoms with Gasteiger partial charge in [-0.05, 0) is 55.3 Å². The van der Waals surface area contributed by atoms with E-state index < -0.39 is 0 Å². The maximum absolute atomic E-state index is 13.5. The lowest BCUT2D eigenvalue weighted by atomic mass is 10.1. The predicted octanol–water partition coefficient (Wildman–Crippen LogP) is 5.87. The molecule has 1 aromatic heterocycles. The summed E-state index contributed by atoms with van der Waals surface area (Å²) in [5.74, 6) is -0.318. The summed E-state index contributed by atoms with van der Waals surface area (Å²) < 4.78 is 15.1. The second-order valence-corrected chi connectivity index (χ2v) is 8.44. The van der Waals surface area contributed by atoms with Crippen molar-refractivity contribution in [3.05, 3.63) is 96.3 Å². The minimum Gasteiger partial charge on any atom is -0.315 e. The third-order valence-electron chi connectivity index (χ3n) is 5.50. The monoisotopic (exact) mass is 485 g/mol. The van der Waals surface area contributed by atoms with Gasteiger partial charge in [0.05, 0.1) is 11.4 Å². The van der Waals surface area contributed by atoms with Crippen LogP contribution in [0.2, 0.25) is 0 Å². The molecule has 0 aliphatic carbocycles. The first-order valence-electron chi connectivity index (χ1n) is 11.8. The molecule has 0 spiro atoms. The number of carbonyl (C=O) groups is 2. The molecule has 0 radical (unpaired) electrons. The molecule has 0 atom stereocenters. The van der Waals surface area contributed by atoms with Gasteiger partial charge in [-0.3, -0.25) is 4.79 Å². The number of rotatable bonds is 8. The summed E-state index contributed by atoms with van der Waals surface area (Å²) in [4.78, 5) is 27.4. The quantitative estimate of drug-likeness (QED) is 0.328. The molecule has 0 unspecified atom stereocenters. The van der Waals surface area contributed by atoms with Crippen molar-refractivity contribution < 1.29 is 14.0 Å². The third kappa shape index (κ3) is 6.15. The van der Waals surface area contributed by atoms with Crippen molar-refractivity contribution in [3.63, 3.8) is 0 Å². The van der Waals surface area contributed by atoms with Crippen molar-refractivity contribution >= 4 is 23.4 Å². The van der Waals surface area contributed by atoms with Crippen LogP contribution in [0.15, 0.2) is 84.9 Å². The Kier molecular flexibility index (Phi) is 7.75. The van der Waals surface area contributed by atoms with Gasteiger partial charge >= 0.3 is 6.03 Å². The van der Waals surface area contributed by atoms with Gasteiger partial charge in [0.1, 0.15) is 18.2 Å². The van der Waals surface area contributed by atoms with Crippen molar-refractivity contribution in [3.8, 4) is 16.9 Å². The second kappa shape index (κ2) is 11.3. The third-order valence-corrected chi connectivity index (χ3v) is 5.50. The minimum atomic E-state index is -0.370. The fourth-order valence-corrected chi connectivity index (χ4v) is 3.80. The number of carbonyl (C=O) groups excluding carboxylic acids is 2. The summed E-state index contributed by atoms with van der Waals surface area (Å²) in [7, 11) is 0. The summed E-state index contributed by atoms with van der Waals surface area (Å²) in [5, 5.41) is 10.4. The van der Waals surface area contributed by atoms with Crippen LogP contribution in [0, 0.1) is 12.7 Å². The maximum Gasteiger partial charge on any atom is 0.322 e. The molecular formula is C28H28FN5O2. The SMILES string of the molecule is CCCN(CC(=O)Nc1cc(-c2ccccc2)nn1-c1ccc(F)cc1)C(=O)Nc1cccc(C)c1. The fraction of sp³-hybridized carbons (Fsp3) is 0.179. The Labute approximate surface area is 209 Å². The summed E-state index contributed by atoms with van der Waals surface area (Å²) in [5.41, 5.74) is 3.81. The highest BCUT2D eigenvalue weighted by molar-refractivity contribution is 5.97. The highest BCUT2D eigenvalue weighted by Gasteiger charge is 2.19. The summed E-state index contributed by atoms with van der Waals surface area (Å²) in [6, 6.07) is 24.3. The van der Waals surface area contributed by atoms with E-state index in [1.165, 1.54) is 17.0 Å². The first-order valence-corrected chi connectivity index (χ1v) is 11.8. The molecule has 1 heterocycles. The van der Waals surface area contributed by atoms with E-state index in [9.17, 15) is 14.0 Å². The molecule has 0 saturated carbocycles. The first-order chi connectivity index (χ1) is 17.4. The van der Waals surface area contributed by atoms with Gasteiger partial charge in [0.25, 0.3) is 0 Å². The molecule has 0 bridgehead atoms. The Morgan fingerprint density at radius 1 is 0.944 bits per heavy atom. The molecule has 2 N–H and O–H groups in total. The van der Waals surface area contributed by atoms with E-state index in [0.717, 1.165) is 11.1 Å². The number of nitrogens with zero attached hydrogens (tertiary/aromatic N) is 3. The highest BCUT2D eigenvalue weighted by Crippen LogP contribution is 2.25. The van der Waals surface area contributed by atoms with Gasteiger partial charge in [-0.25, -0.2) is 13.9 Å². The molecule has 0 fully saturated rings. The zero-order valence-corrected chi connectivity index (χ0v) is 20.2. The fourth-order valence-electron chi connectivity index (χ4n) is 3.80. The standard InChI is InChI=1S/C28H28FN5O2/c1-3-16-33(28(36)30-23-11-7-8-20(2)17-23)19-27(35)31-26-18-25(21-9-5-4-6-10-21)32-34(26)24-14-12-22(29)13-15-24/h4-15,17-18H,3,16,19H2,1-2H3,(H,30,36)(H,31,35). The van der Waals surface area contributed by atoms with Crippen LogP contribution < -0.4 is 10.6 Å². The predicted molar refractivity (Wildman–Crippen MR) is 140 cm³/mol. The van der Waals surface area contributed by atoms with E-state index in [0.29, 0.717) is 35.9 Å². The van der Waals surface area contributed by atoms with Crippen molar-refractivity contribution in [2.75, 3.05) is 23.7 Å². The Balaban J connectivity index is 1.55. The number of hydrogen-bond donors (Lipinski definition) is 2. The van der Waals surface area contributed by atoms with Crippen LogP contribution in [0.5, 0.6) is 0 Å². The summed E-state index contributed by atoms with van der Waals surface area (Å²) in [6.07, 6.45) is 0.695. The van der Waals surface area contributed by atoms with Crippen LogP contribution in [-0.4, -0.2) is 39.7 Å². The first kappa shape index (κ1) is 24.7. The van der Waals surface area contributed by atoms with E-state index >= 15 is 0 Å². The van der Waals surface area contributed by atoms with E-state index in [-0.39, 0.29) is 24.3 Å². The normalized spacial score (nSPS) is 10.6. The van der Waals surface area contributed by atoms with Gasteiger partial charge in [0.2, 0.25) is 5.91 Å². The number of amides is 3. The van der Waals surface area contributed by atoms with Crippen LogP contribution >= 0.6 is 0 Å². The van der Waals surface area contributed by atoms with Crippen molar-refractivity contribution in [2.45, 2.75) is 20.3 Å². The van der Waals surface area contributed by atoms with E-state index in [1.54, 1.807) is 22.9 Å². The van der Waals surface area contributed by atoms with Crippen molar-refractivity contribution in [2.24, 2.45) is 0 Å². The molecule has 184 valence electrons. The van der Waals surface area contributed by atoms with Gasteiger partial charge in [0, 0.05) is 23.9 Å². The van der Waals surface area contributed by atoms with Gasteiger partial charge in [-0.15, -0.1) is 0 Å². The Hall–Kier alpha value is -4.46. The number of halogens is 1. The molecule has 3 amide bonds. The number of benzene rings is 3. The molecular weight excluding hydrogens is 457 g/mol. The molecule has 7 nitrogen and oxygen atoms in total. The summed E-state index contributed by atoms with van der Waals surface area (Å²) in [6.45, 7) is 4.17. The summed E-state index contributed by atoms with van der Waals surface area (Å²) >= 11 is 0. The number of aromatic nitrogens is 2. The zero-order valence-electron chi connectivity index (χ0n) is 20.2. The van der Waals surface area contributed by atoms with Gasteiger partial charge < -0.3 is 15.5 Å². The van der Waals surface area contributed by atoms with E-state index in [2.05, 4.69) is 15.7 Å². The van der Waals surface area contributed by atoms with Crippen LogP contribution in [-0.2, 0) is 4.79 Å². The number of nitrogens with one attached hydrogen (secondary N) is 2. The topological polar surface area (TPSA) is 79.3 Å². The number of anilines is 2. The molecule has 8 heteroatoms. The maximum atomic E-state index is 13.5. The average molecular weight is 486 g/mol. The number of urea groups is 1. The Bertz CT molecular complexity index is 1340. The molecule has 3 aromatic carbocycles. The number of hydrogen-bond acceptors (Lipinski definition) is 3. The lowest BCUT2D eigenvalue weighted by Crippen LogP contribution is -2.41. The Morgan fingerprint density at radius 2 is 1.69 bits per heavy atom. The molecule has 4 rings (SSSR count). The molecule has 36 heavy (non-hydrogen) atoms. The van der Waals surface area contributed by atoms with Crippen LogP contribution in [0.1, 0.15) is 18.9 Å². The van der Waals surface area contributed by atoms with Crippen molar-refractivity contribution in [1.29, 1.82) is 0 Å². The molecule has 4 aromatic rings. The minimum absolute atomic E-state index is 0.138. The average Bonchev–Trinajstić information content (AvgIpc) is 3.28. The largest absolute Gasteiger partial charge is 0.322 e. The molecule has 0 saturated heterocycles. The van der Waals surface area contributed by atoms with E-state index in [4.69, 9.17) is 0 Å². The smallest absolute Gasteiger partial charge is 0.315 e. The van der Waals surface area contributed by atoms with Gasteiger partial charge in [-0.2, -0.15) is 5.10 Å². The molecule has 0 aliphatic heterocycles. The Morgan fingerprint density at radius 3 is 2.39 bits per heavy atom. The van der Waals surface area contributed by atoms with E-state index in [1.807, 2.05) is 68.4 Å². The van der Waals surface area contributed by atoms with Crippen LogP contribution in [0.4, 0.5) is 20.7 Å². The number of aryl methyl sites for hydroxylation is 1.